The van der Waals surface area contributed by atoms with E-state index in [2.05, 4.69) is 36.9 Å². The quantitative estimate of drug-likeness (QED) is 0.127. The van der Waals surface area contributed by atoms with Crippen molar-refractivity contribution in [3.05, 3.63) is 75.6 Å². The predicted molar refractivity (Wildman–Crippen MR) is 150 cm³/mol. The summed E-state index contributed by atoms with van der Waals surface area (Å²) in [7, 11) is 1.43. The maximum atomic E-state index is 14.1. The molecule has 0 atom stereocenters. The molecule has 220 valence electrons. The van der Waals surface area contributed by atoms with Crippen molar-refractivity contribution in [3.8, 4) is 5.88 Å². The van der Waals surface area contributed by atoms with Gasteiger partial charge in [-0.1, -0.05) is 0 Å². The lowest BCUT2D eigenvalue weighted by Gasteiger charge is -2.20. The lowest BCUT2D eigenvalue weighted by Crippen LogP contribution is -2.33. The molecule has 0 bridgehead atoms. The number of carbonyl (C=O) groups is 2. The van der Waals surface area contributed by atoms with Crippen LogP contribution in [0.15, 0.2) is 53.1 Å². The number of nitrogens with zero attached hydrogens (tertiary/aromatic N) is 1. The average molecular weight is 641 g/mol. The first-order chi connectivity index (χ1) is 19.2. The molecule has 0 aliphatic heterocycles. The number of alkyl carbamates (subject to hydrolysis) is 1. The number of methoxy groups -OCH3 is 1. The van der Waals surface area contributed by atoms with Gasteiger partial charge < -0.3 is 25.4 Å². The summed E-state index contributed by atoms with van der Waals surface area (Å²) in [5.74, 6) is -0.972. The number of halogens is 5. The zero-order chi connectivity index (χ0) is 30.4. The van der Waals surface area contributed by atoms with Crippen LogP contribution in [0.4, 0.5) is 39.4 Å². The first-order valence-corrected chi connectivity index (χ1v) is 13.2. The first kappa shape index (κ1) is 31.7. The number of anilines is 3. The fraction of sp³-hybridized carbons (Fsp3) is 0.321. The highest BCUT2D eigenvalue weighted by molar-refractivity contribution is 9.10. The number of pyridine rings is 1. The zero-order valence-electron chi connectivity index (χ0n) is 22.7. The second-order valence-corrected chi connectivity index (χ2v) is 10.6. The summed E-state index contributed by atoms with van der Waals surface area (Å²) in [5.41, 5.74) is -0.891. The highest BCUT2D eigenvalue weighted by atomic mass is 79.9. The normalized spacial score (nSPS) is 11.5. The Kier molecular flexibility index (Phi) is 10.2. The van der Waals surface area contributed by atoms with Crippen molar-refractivity contribution in [3.63, 3.8) is 0 Å². The van der Waals surface area contributed by atoms with Crippen LogP contribution in [0.3, 0.4) is 0 Å². The van der Waals surface area contributed by atoms with Crippen molar-refractivity contribution in [1.82, 2.24) is 10.3 Å². The number of alkyl halides is 3. The van der Waals surface area contributed by atoms with E-state index in [4.69, 9.17) is 9.47 Å². The minimum atomic E-state index is -4.67. The number of amides is 2. The molecule has 0 aliphatic carbocycles. The van der Waals surface area contributed by atoms with Gasteiger partial charge in [0.05, 0.1) is 29.6 Å². The molecule has 41 heavy (non-hydrogen) atoms. The molecule has 8 nitrogen and oxygen atoms in total. The molecular weight excluding hydrogens is 612 g/mol. The van der Waals surface area contributed by atoms with Crippen molar-refractivity contribution >= 4 is 45.0 Å². The van der Waals surface area contributed by atoms with Gasteiger partial charge in [-0.15, -0.1) is 0 Å². The zero-order valence-corrected chi connectivity index (χ0v) is 24.3. The molecule has 2 amide bonds. The topological polar surface area (TPSA) is 102 Å². The second kappa shape index (κ2) is 13.2. The van der Waals surface area contributed by atoms with E-state index >= 15 is 0 Å². The Morgan fingerprint density at radius 1 is 0.976 bits per heavy atom. The number of aromatic nitrogens is 1. The van der Waals surface area contributed by atoms with Crippen molar-refractivity contribution < 1.29 is 36.6 Å². The van der Waals surface area contributed by atoms with Crippen LogP contribution in [0.25, 0.3) is 0 Å². The SMILES string of the molecule is COc1ccc(NC(=O)c2ccc(C(F)(F)F)cc2Nc2ccc(F)cc2CCCNC(=O)OC(C)(C)C)c(Br)n1. The predicted octanol–water partition coefficient (Wildman–Crippen LogP) is 7.46. The van der Waals surface area contributed by atoms with E-state index in [0.29, 0.717) is 17.7 Å². The van der Waals surface area contributed by atoms with Gasteiger partial charge in [0.15, 0.2) is 0 Å². The third-order valence-electron chi connectivity index (χ3n) is 5.50. The highest BCUT2D eigenvalue weighted by Gasteiger charge is 2.32. The van der Waals surface area contributed by atoms with Crippen LogP contribution in [0.2, 0.25) is 0 Å². The van der Waals surface area contributed by atoms with Crippen LogP contribution in [0, 0.1) is 5.82 Å². The van der Waals surface area contributed by atoms with E-state index in [1.54, 1.807) is 20.8 Å². The van der Waals surface area contributed by atoms with Crippen LogP contribution in [0.1, 0.15) is 48.7 Å². The molecule has 0 saturated heterocycles. The van der Waals surface area contributed by atoms with Crippen molar-refractivity contribution in [1.29, 1.82) is 0 Å². The third-order valence-corrected chi connectivity index (χ3v) is 6.10. The number of ether oxygens (including phenoxy) is 2. The molecule has 2 aromatic carbocycles. The number of rotatable bonds is 9. The highest BCUT2D eigenvalue weighted by Crippen LogP contribution is 2.35. The molecule has 3 N–H and O–H groups in total. The van der Waals surface area contributed by atoms with E-state index in [-0.39, 0.29) is 40.4 Å². The van der Waals surface area contributed by atoms with Gasteiger partial charge >= 0.3 is 12.3 Å². The first-order valence-electron chi connectivity index (χ1n) is 12.4. The molecule has 0 fully saturated rings. The van der Waals surface area contributed by atoms with Crippen LogP contribution < -0.4 is 20.7 Å². The van der Waals surface area contributed by atoms with Crippen LogP contribution in [0.5, 0.6) is 5.88 Å². The summed E-state index contributed by atoms with van der Waals surface area (Å²) in [6.45, 7) is 5.40. The Morgan fingerprint density at radius 2 is 1.68 bits per heavy atom. The number of benzene rings is 2. The lowest BCUT2D eigenvalue weighted by atomic mass is 10.0. The number of hydrogen-bond acceptors (Lipinski definition) is 6. The maximum absolute atomic E-state index is 14.1. The monoisotopic (exact) mass is 640 g/mol. The summed E-state index contributed by atoms with van der Waals surface area (Å²) in [4.78, 5) is 29.2. The fourth-order valence-electron chi connectivity index (χ4n) is 3.66. The molecular formula is C28H29BrF4N4O4. The number of carbonyl (C=O) groups excluding carboxylic acids is 2. The van der Waals surface area contributed by atoms with Gasteiger partial charge in [-0.3, -0.25) is 4.79 Å². The molecule has 13 heteroatoms. The fourth-order valence-corrected chi connectivity index (χ4v) is 4.06. The third kappa shape index (κ3) is 9.34. The number of hydrogen-bond donors (Lipinski definition) is 3. The van der Waals surface area contributed by atoms with E-state index in [9.17, 15) is 27.2 Å². The Hall–Kier alpha value is -3.87. The molecule has 3 rings (SSSR count). The van der Waals surface area contributed by atoms with E-state index in [1.807, 2.05) is 0 Å². The van der Waals surface area contributed by atoms with Gasteiger partial charge in [0.2, 0.25) is 5.88 Å². The van der Waals surface area contributed by atoms with E-state index in [0.717, 1.165) is 24.3 Å². The average Bonchev–Trinajstić information content (AvgIpc) is 2.87. The minimum Gasteiger partial charge on any atom is -0.481 e. The minimum absolute atomic E-state index is 0.0948. The molecule has 0 aliphatic rings. The van der Waals surface area contributed by atoms with Gasteiger partial charge in [0.25, 0.3) is 5.91 Å². The van der Waals surface area contributed by atoms with Crippen LogP contribution in [-0.4, -0.2) is 36.2 Å². The Morgan fingerprint density at radius 3 is 2.32 bits per heavy atom. The summed E-state index contributed by atoms with van der Waals surface area (Å²) < 4.78 is 65.3. The van der Waals surface area contributed by atoms with Crippen LogP contribution >= 0.6 is 15.9 Å². The molecule has 0 saturated carbocycles. The standard InChI is InChI=1S/C28H29BrF4N4O4/c1-27(2,3)41-26(39)34-13-5-6-16-14-18(30)8-10-20(16)35-22-15-17(28(31,32)33)7-9-19(22)25(38)36-21-11-12-23(40-4)37-24(21)29/h7-12,14-15,35H,5-6,13H2,1-4H3,(H,34,39)(H,36,38). The van der Waals surface area contributed by atoms with Crippen molar-refractivity contribution in [2.75, 3.05) is 24.3 Å². The molecule has 3 aromatic rings. The Bertz CT molecular complexity index is 1410. The van der Waals surface area contributed by atoms with E-state index < -0.39 is 35.2 Å². The number of nitrogens with one attached hydrogen (secondary N) is 3. The largest absolute Gasteiger partial charge is 0.481 e. The van der Waals surface area contributed by atoms with E-state index in [1.165, 1.54) is 31.4 Å². The second-order valence-electron chi connectivity index (χ2n) is 9.86. The Balaban J connectivity index is 1.86. The van der Waals surface area contributed by atoms with Crippen LogP contribution in [-0.2, 0) is 17.3 Å². The van der Waals surface area contributed by atoms with Crippen molar-refractivity contribution in [2.24, 2.45) is 0 Å². The van der Waals surface area contributed by atoms with Gasteiger partial charge in [-0.05, 0) is 97.6 Å². The smallest absolute Gasteiger partial charge is 0.416 e. The summed E-state index contributed by atoms with van der Waals surface area (Å²) in [6, 6.07) is 9.46. The summed E-state index contributed by atoms with van der Waals surface area (Å²) in [5, 5.41) is 8.10. The molecule has 0 radical (unpaired) electrons. The molecule has 1 aromatic heterocycles. The maximum Gasteiger partial charge on any atom is 0.416 e. The van der Waals surface area contributed by atoms with Gasteiger partial charge in [-0.25, -0.2) is 14.2 Å². The number of aryl methyl sites for hydroxylation is 1. The Labute approximate surface area is 243 Å². The summed E-state index contributed by atoms with van der Waals surface area (Å²) in [6.07, 6.45) is -4.63. The van der Waals surface area contributed by atoms with Gasteiger partial charge in [-0.2, -0.15) is 13.2 Å². The molecule has 0 unspecified atom stereocenters. The molecule has 1 heterocycles. The molecule has 0 spiro atoms. The lowest BCUT2D eigenvalue weighted by molar-refractivity contribution is -0.137. The van der Waals surface area contributed by atoms with Crippen molar-refractivity contribution in [2.45, 2.75) is 45.4 Å². The summed E-state index contributed by atoms with van der Waals surface area (Å²) >= 11 is 3.23. The van der Waals surface area contributed by atoms with Gasteiger partial charge in [0, 0.05) is 18.3 Å². The van der Waals surface area contributed by atoms with Gasteiger partial charge in [0.1, 0.15) is 16.0 Å².